The quantitative estimate of drug-likeness (QED) is 0.423. The molecule has 1 atom stereocenters. The summed E-state index contributed by atoms with van der Waals surface area (Å²) in [6.45, 7) is 4.86. The molecule has 1 saturated heterocycles. The van der Waals surface area contributed by atoms with E-state index in [-0.39, 0.29) is 8.80 Å². The molecule has 1 fully saturated rings. The molecule has 0 aromatic carbocycles. The zero-order valence-electron chi connectivity index (χ0n) is 5.20. The van der Waals surface area contributed by atoms with Crippen molar-refractivity contribution in [3.05, 3.63) is 0 Å². The molecule has 7 heavy (non-hydrogen) atoms. The average Bonchev–Trinajstić information content (AvgIpc) is 1.91. The van der Waals surface area contributed by atoms with Crippen molar-refractivity contribution in [2.24, 2.45) is 0 Å². The van der Waals surface area contributed by atoms with Crippen LogP contribution in [0.5, 0.6) is 0 Å². The predicted molar refractivity (Wildman–Crippen MR) is 35.1 cm³/mol. The molecule has 1 aliphatic rings. The summed E-state index contributed by atoms with van der Waals surface area (Å²) >= 11 is 0. The standard InChI is InChI=1S/C6H13Si/c1-6-4-3-5-7(6)2/h6H,3-5H2,1-2H3. The largest absolute Gasteiger partial charge is 0.0709 e. The molecule has 0 aromatic heterocycles. The Labute approximate surface area is 47.5 Å². The summed E-state index contributed by atoms with van der Waals surface area (Å²) in [6, 6.07) is 1.58. The lowest BCUT2D eigenvalue weighted by Crippen LogP contribution is -2.03. The lowest BCUT2D eigenvalue weighted by atomic mass is 10.3. The van der Waals surface area contributed by atoms with Crippen molar-refractivity contribution in [2.75, 3.05) is 0 Å². The third-order valence-electron chi connectivity index (χ3n) is 2.05. The Kier molecular flexibility index (Phi) is 1.52. The molecular weight excluding hydrogens is 100 g/mol. The summed E-state index contributed by atoms with van der Waals surface area (Å²) in [4.78, 5) is 0. The third-order valence-corrected chi connectivity index (χ3v) is 5.16. The van der Waals surface area contributed by atoms with Gasteiger partial charge in [-0.25, -0.2) is 0 Å². The minimum Gasteiger partial charge on any atom is -0.0709 e. The number of rotatable bonds is 0. The van der Waals surface area contributed by atoms with Crippen molar-refractivity contribution in [2.45, 2.75) is 37.9 Å². The highest BCUT2D eigenvalue weighted by Crippen LogP contribution is 2.29. The van der Waals surface area contributed by atoms with E-state index in [1.165, 1.54) is 12.8 Å². The van der Waals surface area contributed by atoms with Crippen molar-refractivity contribution in [3.8, 4) is 0 Å². The molecule has 1 heterocycles. The highest BCUT2D eigenvalue weighted by molar-refractivity contribution is 6.59. The molecule has 1 heteroatoms. The first-order chi connectivity index (χ1) is 3.30. The van der Waals surface area contributed by atoms with Crippen molar-refractivity contribution in [1.82, 2.24) is 0 Å². The van der Waals surface area contributed by atoms with Crippen LogP contribution in [0.4, 0.5) is 0 Å². The molecule has 1 radical (unpaired) electrons. The summed E-state index contributed by atoms with van der Waals surface area (Å²) in [5, 5.41) is 0. The second kappa shape index (κ2) is 1.99. The monoisotopic (exact) mass is 113 g/mol. The Balaban J connectivity index is 2.33. The molecule has 1 rings (SSSR count). The normalized spacial score (nSPS) is 34.3. The van der Waals surface area contributed by atoms with Crippen LogP contribution in [0.1, 0.15) is 19.8 Å². The van der Waals surface area contributed by atoms with Gasteiger partial charge in [0, 0.05) is 8.80 Å². The zero-order valence-corrected chi connectivity index (χ0v) is 6.20. The van der Waals surface area contributed by atoms with E-state index >= 15 is 0 Å². The van der Waals surface area contributed by atoms with Gasteiger partial charge in [0.15, 0.2) is 0 Å². The van der Waals surface area contributed by atoms with Crippen LogP contribution < -0.4 is 0 Å². The summed E-state index contributed by atoms with van der Waals surface area (Å²) in [6.07, 6.45) is 3.04. The Morgan fingerprint density at radius 1 is 1.57 bits per heavy atom. The van der Waals surface area contributed by atoms with Crippen LogP contribution in [0.15, 0.2) is 0 Å². The number of hydrogen-bond acceptors (Lipinski definition) is 0. The summed E-state index contributed by atoms with van der Waals surface area (Å²) in [7, 11) is 0.165. The minimum atomic E-state index is 0.165. The molecule has 1 aliphatic heterocycles. The van der Waals surface area contributed by atoms with Crippen LogP contribution >= 0.6 is 0 Å². The van der Waals surface area contributed by atoms with Gasteiger partial charge >= 0.3 is 0 Å². The Hall–Kier alpha value is 0.217. The molecule has 0 saturated carbocycles. The third kappa shape index (κ3) is 1.06. The van der Waals surface area contributed by atoms with Gasteiger partial charge in [-0.2, -0.15) is 0 Å². The van der Waals surface area contributed by atoms with Gasteiger partial charge in [-0.05, 0) is 0 Å². The van der Waals surface area contributed by atoms with Gasteiger partial charge in [-0.1, -0.05) is 37.9 Å². The fraction of sp³-hybridized carbons (Fsp3) is 1.00. The van der Waals surface area contributed by atoms with E-state index in [9.17, 15) is 0 Å². The van der Waals surface area contributed by atoms with Crippen molar-refractivity contribution in [1.29, 1.82) is 0 Å². The maximum Gasteiger partial charge on any atom is 0.0476 e. The fourth-order valence-corrected chi connectivity index (χ4v) is 3.13. The summed E-state index contributed by atoms with van der Waals surface area (Å²) in [5.41, 5.74) is 1.12. The van der Waals surface area contributed by atoms with Crippen molar-refractivity contribution in [3.63, 3.8) is 0 Å². The SMILES string of the molecule is CC1CCC[Si]1C. The van der Waals surface area contributed by atoms with Crippen molar-refractivity contribution >= 4 is 8.80 Å². The predicted octanol–water partition coefficient (Wildman–Crippen LogP) is 2.29. The lowest BCUT2D eigenvalue weighted by Gasteiger charge is -2.02. The maximum atomic E-state index is 2.46. The molecule has 0 bridgehead atoms. The second-order valence-corrected chi connectivity index (χ2v) is 5.82. The van der Waals surface area contributed by atoms with Crippen LogP contribution in [0.25, 0.3) is 0 Å². The Morgan fingerprint density at radius 3 is 2.43 bits per heavy atom. The van der Waals surface area contributed by atoms with Gasteiger partial charge in [-0.3, -0.25) is 0 Å². The molecule has 0 amide bonds. The van der Waals surface area contributed by atoms with Gasteiger partial charge in [0.05, 0.1) is 0 Å². The van der Waals surface area contributed by atoms with E-state index in [2.05, 4.69) is 13.5 Å². The molecule has 0 N–H and O–H groups in total. The van der Waals surface area contributed by atoms with Gasteiger partial charge in [0.25, 0.3) is 0 Å². The fourth-order valence-electron chi connectivity index (χ4n) is 1.18. The van der Waals surface area contributed by atoms with Crippen LogP contribution in [0.2, 0.25) is 18.1 Å². The number of hydrogen-bond donors (Lipinski definition) is 0. The van der Waals surface area contributed by atoms with E-state index in [4.69, 9.17) is 0 Å². The lowest BCUT2D eigenvalue weighted by molar-refractivity contribution is 0.819. The maximum absolute atomic E-state index is 2.46. The molecular formula is C6H13Si. The summed E-state index contributed by atoms with van der Waals surface area (Å²) < 4.78 is 0. The topological polar surface area (TPSA) is 0 Å². The molecule has 41 valence electrons. The zero-order chi connectivity index (χ0) is 5.28. The highest BCUT2D eigenvalue weighted by atomic mass is 28.3. The van der Waals surface area contributed by atoms with E-state index in [0.717, 1.165) is 5.54 Å². The second-order valence-electron chi connectivity index (χ2n) is 2.64. The first kappa shape index (κ1) is 5.36. The Bertz CT molecular complexity index is 53.2. The van der Waals surface area contributed by atoms with Crippen LogP contribution in [0, 0.1) is 0 Å². The van der Waals surface area contributed by atoms with Gasteiger partial charge in [-0.15, -0.1) is 0 Å². The minimum absolute atomic E-state index is 0.165. The van der Waals surface area contributed by atoms with Crippen LogP contribution in [-0.2, 0) is 0 Å². The van der Waals surface area contributed by atoms with E-state index in [1.807, 2.05) is 0 Å². The first-order valence-corrected chi connectivity index (χ1v) is 5.41. The smallest absolute Gasteiger partial charge is 0.0476 e. The first-order valence-electron chi connectivity index (χ1n) is 3.13. The molecule has 0 spiro atoms. The van der Waals surface area contributed by atoms with Gasteiger partial charge in [0.1, 0.15) is 0 Å². The highest BCUT2D eigenvalue weighted by Gasteiger charge is 2.19. The molecule has 0 aromatic rings. The Morgan fingerprint density at radius 2 is 2.29 bits per heavy atom. The van der Waals surface area contributed by atoms with Gasteiger partial charge < -0.3 is 0 Å². The summed E-state index contributed by atoms with van der Waals surface area (Å²) in [5.74, 6) is 0. The van der Waals surface area contributed by atoms with Crippen molar-refractivity contribution < 1.29 is 0 Å². The van der Waals surface area contributed by atoms with Gasteiger partial charge in [0.2, 0.25) is 0 Å². The molecule has 0 aliphatic carbocycles. The van der Waals surface area contributed by atoms with E-state index in [1.54, 1.807) is 6.04 Å². The average molecular weight is 113 g/mol. The molecule has 1 unspecified atom stereocenters. The van der Waals surface area contributed by atoms with Crippen LogP contribution in [0.3, 0.4) is 0 Å². The van der Waals surface area contributed by atoms with Crippen LogP contribution in [-0.4, -0.2) is 8.80 Å². The molecule has 0 nitrogen and oxygen atoms in total. The van der Waals surface area contributed by atoms with E-state index in [0.29, 0.717) is 0 Å². The van der Waals surface area contributed by atoms with E-state index < -0.39 is 0 Å².